The van der Waals surface area contributed by atoms with E-state index < -0.39 is 10.9 Å². The summed E-state index contributed by atoms with van der Waals surface area (Å²) >= 11 is 18.5. The molecule has 0 N–H and O–H groups in total. The van der Waals surface area contributed by atoms with Gasteiger partial charge in [0.05, 0.1) is 27.1 Å². The number of nitrogens with zero attached hydrogens (tertiary/aromatic N) is 1. The summed E-state index contributed by atoms with van der Waals surface area (Å²) in [6, 6.07) is 8.76. The maximum absolute atomic E-state index is 12.6. The van der Waals surface area contributed by atoms with Gasteiger partial charge < -0.3 is 4.74 Å². The Bertz CT molecular complexity index is 869. The molecule has 0 radical (unpaired) electrons. The molecule has 0 fully saturated rings. The lowest BCUT2D eigenvalue weighted by molar-refractivity contribution is -0.384. The Morgan fingerprint density at radius 3 is 2.12 bits per heavy atom. The fraction of sp³-hybridized carbons (Fsp3) is 0.167. The van der Waals surface area contributed by atoms with Gasteiger partial charge in [0.1, 0.15) is 0 Å². The smallest absolute Gasteiger partial charge is 0.339 e. The highest BCUT2D eigenvalue weighted by atomic mass is 35.5. The largest absolute Gasteiger partial charge is 0.462 e. The third kappa shape index (κ3) is 4.36. The first-order chi connectivity index (χ1) is 12.3. The van der Waals surface area contributed by atoms with Gasteiger partial charge in [-0.25, -0.2) is 4.79 Å². The van der Waals surface area contributed by atoms with Crippen molar-refractivity contribution >= 4 is 57.6 Å². The van der Waals surface area contributed by atoms with Crippen LogP contribution in [0, 0.1) is 10.1 Å². The minimum atomic E-state index is -0.602. The van der Waals surface area contributed by atoms with E-state index in [-0.39, 0.29) is 27.9 Å². The zero-order chi connectivity index (χ0) is 19.4. The normalized spacial score (nSPS) is 11.7. The minimum absolute atomic E-state index is 0.0539. The number of hydrogen-bond donors (Lipinski definition) is 0. The minimum Gasteiger partial charge on any atom is -0.462 e. The number of esters is 1. The molecule has 2 rings (SSSR count). The molecule has 2 aromatic rings. The van der Waals surface area contributed by atoms with Gasteiger partial charge >= 0.3 is 5.97 Å². The van der Waals surface area contributed by atoms with Gasteiger partial charge in [-0.2, -0.15) is 0 Å². The van der Waals surface area contributed by atoms with Crippen molar-refractivity contribution in [2.75, 3.05) is 6.61 Å². The summed E-state index contributed by atoms with van der Waals surface area (Å²) in [6.07, 6.45) is 0. The first kappa shape index (κ1) is 20.2. The van der Waals surface area contributed by atoms with Crippen LogP contribution >= 0.6 is 34.8 Å². The average Bonchev–Trinajstić information content (AvgIpc) is 2.57. The SMILES string of the molecule is CCOC(=O)C(=C(C)c1ccc([N+](=O)[O-])cc1)c1c(Cl)cc(Cl)cc1Cl. The number of carbonyl (C=O) groups is 1. The Kier molecular flexibility index (Phi) is 6.64. The van der Waals surface area contributed by atoms with Crippen LogP contribution in [0.15, 0.2) is 36.4 Å². The molecule has 0 aromatic heterocycles. The number of nitro benzene ring substituents is 1. The van der Waals surface area contributed by atoms with E-state index in [1.54, 1.807) is 26.0 Å². The Hall–Kier alpha value is -2.08. The van der Waals surface area contributed by atoms with Crippen LogP contribution in [0.4, 0.5) is 5.69 Å². The van der Waals surface area contributed by atoms with Crippen LogP contribution in [0.5, 0.6) is 0 Å². The number of halogens is 3. The molecule has 2 aromatic carbocycles. The van der Waals surface area contributed by atoms with Gasteiger partial charge in [-0.05, 0) is 49.2 Å². The third-order valence-electron chi connectivity index (χ3n) is 3.62. The van der Waals surface area contributed by atoms with Crippen molar-refractivity contribution in [2.24, 2.45) is 0 Å². The lowest BCUT2D eigenvalue weighted by atomic mass is 9.95. The van der Waals surface area contributed by atoms with Gasteiger partial charge in [-0.15, -0.1) is 0 Å². The molecule has 0 atom stereocenters. The second-order valence-corrected chi connectivity index (χ2v) is 6.52. The first-order valence-electron chi connectivity index (χ1n) is 7.54. The number of carbonyl (C=O) groups excluding carboxylic acids is 1. The molecule has 0 heterocycles. The summed E-state index contributed by atoms with van der Waals surface area (Å²) in [5, 5.41) is 11.6. The Morgan fingerprint density at radius 2 is 1.65 bits per heavy atom. The molecule has 8 heteroatoms. The Morgan fingerprint density at radius 1 is 1.12 bits per heavy atom. The molecule has 0 aliphatic heterocycles. The number of ether oxygens (including phenoxy) is 1. The van der Waals surface area contributed by atoms with Gasteiger partial charge in [-0.1, -0.05) is 34.8 Å². The molecule has 0 aliphatic rings. The zero-order valence-corrected chi connectivity index (χ0v) is 16.2. The average molecular weight is 415 g/mol. The summed E-state index contributed by atoms with van der Waals surface area (Å²) < 4.78 is 5.15. The zero-order valence-electron chi connectivity index (χ0n) is 13.9. The second kappa shape index (κ2) is 8.54. The van der Waals surface area contributed by atoms with E-state index in [2.05, 4.69) is 0 Å². The number of nitro groups is 1. The second-order valence-electron chi connectivity index (χ2n) is 5.27. The lowest BCUT2D eigenvalue weighted by Gasteiger charge is -2.15. The monoisotopic (exact) mass is 413 g/mol. The van der Waals surface area contributed by atoms with Gasteiger partial charge in [0.2, 0.25) is 0 Å². The van der Waals surface area contributed by atoms with Gasteiger partial charge in [0, 0.05) is 22.7 Å². The molecule has 0 amide bonds. The summed E-state index contributed by atoms with van der Waals surface area (Å²) in [4.78, 5) is 22.9. The van der Waals surface area contributed by atoms with Gasteiger partial charge in [-0.3, -0.25) is 10.1 Å². The van der Waals surface area contributed by atoms with Crippen LogP contribution in [-0.4, -0.2) is 17.5 Å². The van der Waals surface area contributed by atoms with Crippen LogP contribution in [0.1, 0.15) is 25.0 Å². The van der Waals surface area contributed by atoms with E-state index in [1.807, 2.05) is 0 Å². The molecule has 0 saturated heterocycles. The quantitative estimate of drug-likeness (QED) is 0.196. The highest BCUT2D eigenvalue weighted by molar-refractivity contribution is 6.43. The van der Waals surface area contributed by atoms with E-state index in [0.717, 1.165) is 0 Å². The third-order valence-corrected chi connectivity index (χ3v) is 4.44. The number of hydrogen-bond acceptors (Lipinski definition) is 4. The highest BCUT2D eigenvalue weighted by Gasteiger charge is 2.23. The topological polar surface area (TPSA) is 69.4 Å². The van der Waals surface area contributed by atoms with E-state index >= 15 is 0 Å². The fourth-order valence-electron chi connectivity index (χ4n) is 2.40. The van der Waals surface area contributed by atoms with E-state index in [0.29, 0.717) is 21.7 Å². The molecule has 0 bridgehead atoms. The molecule has 136 valence electrons. The van der Waals surface area contributed by atoms with Crippen LogP contribution in [0.25, 0.3) is 11.1 Å². The van der Waals surface area contributed by atoms with Crippen LogP contribution in [-0.2, 0) is 9.53 Å². The predicted octanol–water partition coefficient (Wildman–Crippen LogP) is 6.05. The summed E-state index contributed by atoms with van der Waals surface area (Å²) in [6.45, 7) is 3.54. The van der Waals surface area contributed by atoms with Crippen molar-refractivity contribution in [3.8, 4) is 0 Å². The van der Waals surface area contributed by atoms with Crippen LogP contribution < -0.4 is 0 Å². The number of non-ortho nitro benzene ring substituents is 1. The standard InChI is InChI=1S/C18H14Cl3NO4/c1-3-26-18(23)16(17-14(20)8-12(19)9-15(17)21)10(2)11-4-6-13(7-5-11)22(24)25/h4-9H,3H2,1-2H3. The van der Waals surface area contributed by atoms with E-state index in [9.17, 15) is 14.9 Å². The molecule has 0 saturated carbocycles. The van der Waals surface area contributed by atoms with Crippen molar-refractivity contribution in [1.82, 2.24) is 0 Å². The summed E-state index contributed by atoms with van der Waals surface area (Å²) in [5.74, 6) is -0.602. The Labute approximate surface area is 165 Å². The van der Waals surface area contributed by atoms with E-state index in [1.165, 1.54) is 24.3 Å². The summed E-state index contributed by atoms with van der Waals surface area (Å²) in [5.41, 5.74) is 1.53. The molecule has 0 aliphatic carbocycles. The number of benzene rings is 2. The number of allylic oxidation sites excluding steroid dienone is 1. The van der Waals surface area contributed by atoms with Crippen molar-refractivity contribution in [3.05, 3.63) is 72.7 Å². The van der Waals surface area contributed by atoms with Crippen LogP contribution in [0.3, 0.4) is 0 Å². The predicted molar refractivity (Wildman–Crippen MR) is 104 cm³/mol. The maximum Gasteiger partial charge on any atom is 0.339 e. The molecule has 5 nitrogen and oxygen atoms in total. The molecule has 26 heavy (non-hydrogen) atoms. The van der Waals surface area contributed by atoms with Gasteiger partial charge in [0.15, 0.2) is 0 Å². The molecular formula is C18H14Cl3NO4. The fourth-order valence-corrected chi connectivity index (χ4v) is 3.41. The van der Waals surface area contributed by atoms with Gasteiger partial charge in [0.25, 0.3) is 5.69 Å². The molecule has 0 spiro atoms. The summed E-state index contributed by atoms with van der Waals surface area (Å²) in [7, 11) is 0. The number of rotatable bonds is 5. The van der Waals surface area contributed by atoms with E-state index in [4.69, 9.17) is 39.5 Å². The van der Waals surface area contributed by atoms with Crippen LogP contribution in [0.2, 0.25) is 15.1 Å². The lowest BCUT2D eigenvalue weighted by Crippen LogP contribution is -2.09. The maximum atomic E-state index is 12.6. The van der Waals surface area contributed by atoms with Crippen molar-refractivity contribution < 1.29 is 14.5 Å². The van der Waals surface area contributed by atoms with Crippen molar-refractivity contribution in [1.29, 1.82) is 0 Å². The molecule has 0 unspecified atom stereocenters. The van der Waals surface area contributed by atoms with Crippen molar-refractivity contribution in [3.63, 3.8) is 0 Å². The first-order valence-corrected chi connectivity index (χ1v) is 8.67. The van der Waals surface area contributed by atoms with Crippen molar-refractivity contribution in [2.45, 2.75) is 13.8 Å². The Balaban J connectivity index is 2.69. The highest BCUT2D eigenvalue weighted by Crippen LogP contribution is 2.38. The molecular weight excluding hydrogens is 401 g/mol.